The molecule has 1 amide bonds. The molecule has 3 rings (SSSR count). The van der Waals surface area contributed by atoms with Crippen LogP contribution in [0.25, 0.3) is 0 Å². The van der Waals surface area contributed by atoms with Crippen molar-refractivity contribution in [3.05, 3.63) is 35.9 Å². The Morgan fingerprint density at radius 2 is 2.04 bits per heavy atom. The molecule has 1 saturated heterocycles. The number of carbonyl (C=O) groups is 1. The normalized spacial score (nSPS) is 26.5. The van der Waals surface area contributed by atoms with Gasteiger partial charge in [-0.25, -0.2) is 4.79 Å². The van der Waals surface area contributed by atoms with Crippen LogP contribution in [0.2, 0.25) is 0 Å². The Hall–Kier alpha value is -1.59. The molecule has 0 bridgehead atoms. The smallest absolute Gasteiger partial charge is 0.407 e. The molecule has 1 saturated carbocycles. The van der Waals surface area contributed by atoms with Gasteiger partial charge >= 0.3 is 6.09 Å². The average molecular weight is 318 g/mol. The molecule has 0 aromatic heterocycles. The molecular weight excluding hydrogens is 292 g/mol. The lowest BCUT2D eigenvalue weighted by molar-refractivity contribution is 0.101. The molecule has 1 atom stereocenters. The van der Waals surface area contributed by atoms with Crippen LogP contribution in [0.5, 0.6) is 0 Å². The summed E-state index contributed by atoms with van der Waals surface area (Å²) in [6.45, 7) is 2.24. The largest absolute Gasteiger partial charge is 0.445 e. The predicted octanol–water partition coefficient (Wildman–Crippen LogP) is 2.60. The summed E-state index contributed by atoms with van der Waals surface area (Å²) < 4.78 is 10.8. The number of benzene rings is 1. The van der Waals surface area contributed by atoms with E-state index in [0.29, 0.717) is 18.8 Å². The minimum Gasteiger partial charge on any atom is -0.445 e. The van der Waals surface area contributed by atoms with Crippen LogP contribution < -0.4 is 10.6 Å². The van der Waals surface area contributed by atoms with Crippen molar-refractivity contribution in [1.82, 2.24) is 10.6 Å². The Morgan fingerprint density at radius 1 is 1.22 bits per heavy atom. The van der Waals surface area contributed by atoms with Crippen LogP contribution in [0.3, 0.4) is 0 Å². The number of ether oxygens (including phenoxy) is 2. The topological polar surface area (TPSA) is 59.6 Å². The number of hydrogen-bond acceptors (Lipinski definition) is 4. The first-order valence-corrected chi connectivity index (χ1v) is 8.62. The third-order valence-electron chi connectivity index (χ3n) is 4.60. The summed E-state index contributed by atoms with van der Waals surface area (Å²) in [7, 11) is 0. The molecule has 126 valence electrons. The molecule has 5 nitrogen and oxygen atoms in total. The predicted molar refractivity (Wildman–Crippen MR) is 88.2 cm³/mol. The number of alkyl carbamates (subject to hydrolysis) is 1. The van der Waals surface area contributed by atoms with E-state index in [-0.39, 0.29) is 12.1 Å². The summed E-state index contributed by atoms with van der Waals surface area (Å²) in [5.74, 6) is 0. The van der Waals surface area contributed by atoms with E-state index in [1.54, 1.807) is 0 Å². The van der Waals surface area contributed by atoms with E-state index >= 15 is 0 Å². The third-order valence-corrected chi connectivity index (χ3v) is 4.60. The van der Waals surface area contributed by atoms with E-state index in [1.165, 1.54) is 12.8 Å². The molecule has 2 fully saturated rings. The zero-order chi connectivity index (χ0) is 15.9. The van der Waals surface area contributed by atoms with Crippen LogP contribution in [0.15, 0.2) is 30.3 Å². The zero-order valence-corrected chi connectivity index (χ0v) is 13.5. The van der Waals surface area contributed by atoms with E-state index in [1.807, 2.05) is 30.3 Å². The first-order valence-electron chi connectivity index (χ1n) is 8.62. The molecule has 1 unspecified atom stereocenters. The van der Waals surface area contributed by atoms with E-state index < -0.39 is 0 Å². The first-order chi connectivity index (χ1) is 11.3. The molecule has 2 aliphatic rings. The second-order valence-corrected chi connectivity index (χ2v) is 6.45. The first kappa shape index (κ1) is 16.3. The fourth-order valence-corrected chi connectivity index (χ4v) is 3.15. The molecule has 0 radical (unpaired) electrons. The molecule has 0 spiro atoms. The quantitative estimate of drug-likeness (QED) is 0.811. The van der Waals surface area contributed by atoms with E-state index in [4.69, 9.17) is 9.47 Å². The van der Waals surface area contributed by atoms with Crippen molar-refractivity contribution < 1.29 is 14.3 Å². The lowest BCUT2D eigenvalue weighted by atomic mass is 9.87. The zero-order valence-electron chi connectivity index (χ0n) is 13.5. The fourth-order valence-electron chi connectivity index (χ4n) is 3.15. The molecular formula is C18H26N2O3. The highest BCUT2D eigenvalue weighted by Crippen LogP contribution is 2.21. The van der Waals surface area contributed by atoms with Gasteiger partial charge in [0.05, 0.1) is 6.10 Å². The van der Waals surface area contributed by atoms with Crippen LogP contribution in [-0.2, 0) is 16.1 Å². The van der Waals surface area contributed by atoms with Crippen molar-refractivity contribution in [1.29, 1.82) is 0 Å². The van der Waals surface area contributed by atoms with Gasteiger partial charge < -0.3 is 20.1 Å². The molecule has 1 heterocycles. The van der Waals surface area contributed by atoms with Crippen LogP contribution >= 0.6 is 0 Å². The highest BCUT2D eigenvalue weighted by molar-refractivity contribution is 5.67. The molecule has 2 N–H and O–H groups in total. The maximum atomic E-state index is 11.7. The van der Waals surface area contributed by atoms with Crippen molar-refractivity contribution >= 4 is 6.09 Å². The minimum atomic E-state index is -0.323. The molecule has 5 heteroatoms. The average Bonchev–Trinajstić information content (AvgIpc) is 3.05. The lowest BCUT2D eigenvalue weighted by Gasteiger charge is -2.36. The van der Waals surface area contributed by atoms with Crippen molar-refractivity contribution in [2.24, 2.45) is 0 Å². The molecule has 1 aliphatic carbocycles. The van der Waals surface area contributed by atoms with Crippen LogP contribution in [0, 0.1) is 0 Å². The SMILES string of the molecule is O=C(NC1CC(NCCC2CCCO2)C1)OCc1ccccc1. The lowest BCUT2D eigenvalue weighted by Crippen LogP contribution is -2.52. The maximum Gasteiger partial charge on any atom is 0.407 e. The molecule has 1 aliphatic heterocycles. The van der Waals surface area contributed by atoms with E-state index in [0.717, 1.165) is 38.0 Å². The van der Waals surface area contributed by atoms with Crippen LogP contribution in [-0.4, -0.2) is 37.4 Å². The summed E-state index contributed by atoms with van der Waals surface area (Å²) >= 11 is 0. The Morgan fingerprint density at radius 3 is 2.78 bits per heavy atom. The second-order valence-electron chi connectivity index (χ2n) is 6.45. The van der Waals surface area contributed by atoms with Gasteiger partial charge in [-0.2, -0.15) is 0 Å². The van der Waals surface area contributed by atoms with E-state index in [9.17, 15) is 4.79 Å². The second kappa shape index (κ2) is 8.31. The molecule has 23 heavy (non-hydrogen) atoms. The van der Waals surface area contributed by atoms with Crippen LogP contribution in [0.1, 0.15) is 37.7 Å². The summed E-state index contributed by atoms with van der Waals surface area (Å²) in [5, 5.41) is 6.46. The molecule has 1 aromatic carbocycles. The maximum absolute atomic E-state index is 11.7. The van der Waals surface area contributed by atoms with Gasteiger partial charge in [0, 0.05) is 18.7 Å². The number of hydrogen-bond donors (Lipinski definition) is 2. The van der Waals surface area contributed by atoms with Crippen molar-refractivity contribution in [3.63, 3.8) is 0 Å². The van der Waals surface area contributed by atoms with Crippen molar-refractivity contribution in [2.45, 2.75) is 56.9 Å². The number of amides is 1. The minimum absolute atomic E-state index is 0.235. The van der Waals surface area contributed by atoms with Crippen molar-refractivity contribution in [2.75, 3.05) is 13.2 Å². The summed E-state index contributed by atoms with van der Waals surface area (Å²) in [6, 6.07) is 10.5. The number of carbonyl (C=O) groups excluding carboxylic acids is 1. The Bertz CT molecular complexity index is 482. The van der Waals surface area contributed by atoms with Gasteiger partial charge in [-0.1, -0.05) is 30.3 Å². The molecule has 1 aromatic rings. The fraction of sp³-hybridized carbons (Fsp3) is 0.611. The van der Waals surface area contributed by atoms with Gasteiger partial charge in [-0.15, -0.1) is 0 Å². The summed E-state index contributed by atoms with van der Waals surface area (Å²) in [6.07, 6.45) is 5.57. The van der Waals surface area contributed by atoms with Crippen LogP contribution in [0.4, 0.5) is 4.79 Å². The number of rotatable bonds is 7. The Labute approximate surface area is 137 Å². The van der Waals surface area contributed by atoms with Gasteiger partial charge in [0.1, 0.15) is 6.61 Å². The van der Waals surface area contributed by atoms with Gasteiger partial charge in [0.25, 0.3) is 0 Å². The number of nitrogens with one attached hydrogen (secondary N) is 2. The summed E-state index contributed by atoms with van der Waals surface area (Å²) in [5.41, 5.74) is 1.00. The standard InChI is InChI=1S/C18H26N2O3/c21-18(23-13-14-5-2-1-3-6-14)20-16-11-15(12-16)19-9-8-17-7-4-10-22-17/h1-3,5-6,15-17,19H,4,7-13H2,(H,20,21). The Kier molecular flexibility index (Phi) is 5.88. The van der Waals surface area contributed by atoms with Gasteiger partial charge in [-0.05, 0) is 44.2 Å². The van der Waals surface area contributed by atoms with Gasteiger partial charge in [-0.3, -0.25) is 0 Å². The summed E-state index contributed by atoms with van der Waals surface area (Å²) in [4.78, 5) is 11.7. The van der Waals surface area contributed by atoms with Gasteiger partial charge in [0.2, 0.25) is 0 Å². The highest BCUT2D eigenvalue weighted by Gasteiger charge is 2.30. The van der Waals surface area contributed by atoms with E-state index in [2.05, 4.69) is 10.6 Å². The monoisotopic (exact) mass is 318 g/mol. The Balaban J connectivity index is 1.23. The highest BCUT2D eigenvalue weighted by atomic mass is 16.5. The van der Waals surface area contributed by atoms with Crippen molar-refractivity contribution in [3.8, 4) is 0 Å². The third kappa shape index (κ3) is 5.22. The van der Waals surface area contributed by atoms with Gasteiger partial charge in [0.15, 0.2) is 0 Å².